The van der Waals surface area contributed by atoms with E-state index in [2.05, 4.69) is 24.1 Å². The molecule has 0 saturated carbocycles. The molecule has 2 aromatic heterocycles. The summed E-state index contributed by atoms with van der Waals surface area (Å²) in [5, 5.41) is 3.87. The topological polar surface area (TPSA) is 72.8 Å². The highest BCUT2D eigenvalue weighted by Gasteiger charge is 2.15. The van der Waals surface area contributed by atoms with Gasteiger partial charge < -0.3 is 10.2 Å². The number of carbonyl (C=O) groups excluding carboxylic acids is 1. The highest BCUT2D eigenvalue weighted by Crippen LogP contribution is 2.21. The van der Waals surface area contributed by atoms with Gasteiger partial charge in [-0.2, -0.15) is 4.98 Å². The SMILES string of the molecule is CC[NH+](CC)CCNC(=O)Cn1c2ccccc2c2nc(=O)cc(C)n21. The minimum Gasteiger partial charge on any atom is -0.349 e. The molecule has 0 radical (unpaired) electrons. The average molecular weight is 356 g/mol. The van der Waals surface area contributed by atoms with Crippen LogP contribution in [-0.4, -0.2) is 46.3 Å². The molecule has 7 heteroatoms. The number of aromatic nitrogens is 3. The zero-order chi connectivity index (χ0) is 18.7. The van der Waals surface area contributed by atoms with E-state index in [-0.39, 0.29) is 18.0 Å². The second-order valence-electron chi connectivity index (χ2n) is 6.50. The largest absolute Gasteiger partial charge is 0.349 e. The molecule has 0 aliphatic carbocycles. The fraction of sp³-hybridized carbons (Fsp3) is 0.421. The number of nitrogens with one attached hydrogen (secondary N) is 2. The van der Waals surface area contributed by atoms with Crippen molar-refractivity contribution in [1.29, 1.82) is 0 Å². The summed E-state index contributed by atoms with van der Waals surface area (Å²) >= 11 is 0. The third-order valence-corrected chi connectivity index (χ3v) is 4.84. The van der Waals surface area contributed by atoms with Crippen molar-refractivity contribution in [1.82, 2.24) is 19.5 Å². The van der Waals surface area contributed by atoms with Crippen molar-refractivity contribution in [2.45, 2.75) is 27.3 Å². The van der Waals surface area contributed by atoms with Crippen LogP contribution in [0.3, 0.4) is 0 Å². The molecule has 0 spiro atoms. The summed E-state index contributed by atoms with van der Waals surface area (Å²) in [6.07, 6.45) is 0. The van der Waals surface area contributed by atoms with Gasteiger partial charge in [-0.1, -0.05) is 12.1 Å². The average Bonchev–Trinajstić information content (AvgIpc) is 2.93. The van der Waals surface area contributed by atoms with Gasteiger partial charge in [0.2, 0.25) is 5.91 Å². The number of benzene rings is 1. The number of aryl methyl sites for hydroxylation is 1. The summed E-state index contributed by atoms with van der Waals surface area (Å²) in [7, 11) is 0. The van der Waals surface area contributed by atoms with E-state index in [1.807, 2.05) is 40.4 Å². The molecule has 0 unspecified atom stereocenters. The van der Waals surface area contributed by atoms with Crippen LogP contribution in [0.25, 0.3) is 16.6 Å². The maximum atomic E-state index is 12.5. The van der Waals surface area contributed by atoms with Crippen molar-refractivity contribution in [3.63, 3.8) is 0 Å². The van der Waals surface area contributed by atoms with Gasteiger partial charge in [0.15, 0.2) is 5.65 Å². The van der Waals surface area contributed by atoms with E-state index < -0.39 is 0 Å². The Labute approximate surface area is 152 Å². The zero-order valence-electron chi connectivity index (χ0n) is 15.6. The van der Waals surface area contributed by atoms with Crippen LogP contribution in [0, 0.1) is 6.92 Å². The lowest BCUT2D eigenvalue weighted by molar-refractivity contribution is -0.895. The van der Waals surface area contributed by atoms with Gasteiger partial charge in [-0.25, -0.2) is 4.52 Å². The molecule has 7 nitrogen and oxygen atoms in total. The number of para-hydroxylation sites is 1. The number of fused-ring (bicyclic) bond motifs is 3. The normalized spacial score (nSPS) is 11.5. The Hall–Kier alpha value is -2.67. The number of hydrogen-bond acceptors (Lipinski definition) is 3. The molecule has 2 heterocycles. The molecule has 138 valence electrons. The molecule has 0 bridgehead atoms. The number of carbonyl (C=O) groups is 1. The zero-order valence-corrected chi connectivity index (χ0v) is 15.6. The first-order valence-electron chi connectivity index (χ1n) is 9.13. The summed E-state index contributed by atoms with van der Waals surface area (Å²) < 4.78 is 3.73. The third-order valence-electron chi connectivity index (χ3n) is 4.84. The van der Waals surface area contributed by atoms with Crippen LogP contribution >= 0.6 is 0 Å². The maximum Gasteiger partial charge on any atom is 0.273 e. The molecule has 0 aliphatic heterocycles. The van der Waals surface area contributed by atoms with E-state index >= 15 is 0 Å². The third kappa shape index (κ3) is 3.48. The number of likely N-dealkylation sites (N-methyl/N-ethyl adjacent to an activating group) is 1. The molecule has 1 amide bonds. The highest BCUT2D eigenvalue weighted by atomic mass is 16.2. The summed E-state index contributed by atoms with van der Waals surface area (Å²) in [6.45, 7) is 10.0. The van der Waals surface area contributed by atoms with Crippen molar-refractivity contribution < 1.29 is 9.69 Å². The molecule has 0 saturated heterocycles. The standard InChI is InChI=1S/C19H25N5O2/c1-4-22(5-2)11-10-20-18(26)13-23-16-9-7-6-8-15(16)19-21-17(25)12-14(3)24(19)23/h6-9,12H,4-5,10-11,13H2,1-3H3,(H,20,26)/p+1. The van der Waals surface area contributed by atoms with Crippen molar-refractivity contribution in [3.8, 4) is 0 Å². The highest BCUT2D eigenvalue weighted by molar-refractivity contribution is 5.93. The number of quaternary nitrogens is 1. The maximum absolute atomic E-state index is 12.5. The number of amides is 1. The minimum atomic E-state index is -0.267. The first-order valence-corrected chi connectivity index (χ1v) is 9.13. The number of hydrogen-bond donors (Lipinski definition) is 2. The smallest absolute Gasteiger partial charge is 0.273 e. The van der Waals surface area contributed by atoms with Crippen LogP contribution in [-0.2, 0) is 11.3 Å². The molecule has 3 aromatic rings. The lowest BCUT2D eigenvalue weighted by Gasteiger charge is -2.16. The quantitative estimate of drug-likeness (QED) is 0.626. The van der Waals surface area contributed by atoms with Crippen molar-refractivity contribution >= 4 is 22.5 Å². The Morgan fingerprint density at radius 2 is 1.96 bits per heavy atom. The second-order valence-corrected chi connectivity index (χ2v) is 6.50. The Morgan fingerprint density at radius 3 is 2.69 bits per heavy atom. The van der Waals surface area contributed by atoms with E-state index in [1.54, 1.807) is 0 Å². The van der Waals surface area contributed by atoms with Gasteiger partial charge in [-0.3, -0.25) is 14.3 Å². The Balaban J connectivity index is 1.89. The summed E-state index contributed by atoms with van der Waals surface area (Å²) in [6, 6.07) is 9.20. The second kappa shape index (κ2) is 7.70. The Bertz CT molecular complexity index is 985. The number of rotatable bonds is 7. The van der Waals surface area contributed by atoms with Crippen molar-refractivity contribution in [2.75, 3.05) is 26.2 Å². The van der Waals surface area contributed by atoms with E-state index in [4.69, 9.17) is 0 Å². The molecular weight excluding hydrogens is 330 g/mol. The predicted octanol–water partition coefficient (Wildman–Crippen LogP) is -0.00148. The van der Waals surface area contributed by atoms with Gasteiger partial charge in [-0.05, 0) is 32.9 Å². The minimum absolute atomic E-state index is 0.0442. The van der Waals surface area contributed by atoms with Crippen LogP contribution in [0.2, 0.25) is 0 Å². The summed E-state index contributed by atoms with van der Waals surface area (Å²) in [5.74, 6) is -0.0442. The molecule has 26 heavy (non-hydrogen) atoms. The predicted molar refractivity (Wildman–Crippen MR) is 102 cm³/mol. The van der Waals surface area contributed by atoms with E-state index in [0.717, 1.165) is 36.2 Å². The van der Waals surface area contributed by atoms with Crippen LogP contribution in [0.5, 0.6) is 0 Å². The fourth-order valence-electron chi connectivity index (χ4n) is 3.40. The van der Waals surface area contributed by atoms with Gasteiger partial charge in [0.05, 0.1) is 31.7 Å². The van der Waals surface area contributed by atoms with Gasteiger partial charge in [-0.15, -0.1) is 0 Å². The van der Waals surface area contributed by atoms with Crippen LogP contribution in [0.1, 0.15) is 19.5 Å². The van der Waals surface area contributed by atoms with Crippen LogP contribution < -0.4 is 15.8 Å². The molecule has 1 aromatic carbocycles. The van der Waals surface area contributed by atoms with Gasteiger partial charge in [0, 0.05) is 17.1 Å². The van der Waals surface area contributed by atoms with Crippen LogP contribution in [0.4, 0.5) is 0 Å². The lowest BCUT2D eigenvalue weighted by Crippen LogP contribution is -3.12. The van der Waals surface area contributed by atoms with Gasteiger partial charge >= 0.3 is 0 Å². The van der Waals surface area contributed by atoms with Crippen molar-refractivity contribution in [3.05, 3.63) is 46.4 Å². The molecular formula is C19H26N5O2+. The fourth-order valence-corrected chi connectivity index (χ4v) is 3.40. The lowest BCUT2D eigenvalue weighted by atomic mass is 10.2. The summed E-state index contributed by atoms with van der Waals surface area (Å²) in [5.41, 5.74) is 1.97. The molecule has 0 fully saturated rings. The number of nitrogens with zero attached hydrogens (tertiary/aromatic N) is 3. The summed E-state index contributed by atoms with van der Waals surface area (Å²) in [4.78, 5) is 29.9. The van der Waals surface area contributed by atoms with E-state index in [0.29, 0.717) is 12.2 Å². The first kappa shape index (κ1) is 18.1. The Kier molecular flexibility index (Phi) is 5.37. The molecule has 0 aliphatic rings. The monoisotopic (exact) mass is 356 g/mol. The molecule has 2 N–H and O–H groups in total. The Morgan fingerprint density at radius 1 is 1.23 bits per heavy atom. The van der Waals surface area contributed by atoms with Crippen LogP contribution in [0.15, 0.2) is 35.1 Å². The molecule has 0 atom stereocenters. The van der Waals surface area contributed by atoms with Crippen molar-refractivity contribution in [2.24, 2.45) is 0 Å². The molecule has 3 rings (SSSR count). The van der Waals surface area contributed by atoms with E-state index in [1.165, 1.54) is 11.0 Å². The van der Waals surface area contributed by atoms with Gasteiger partial charge in [0.25, 0.3) is 5.56 Å². The van der Waals surface area contributed by atoms with E-state index in [9.17, 15) is 9.59 Å². The van der Waals surface area contributed by atoms with Gasteiger partial charge in [0.1, 0.15) is 6.54 Å². The first-order chi connectivity index (χ1) is 12.5.